The molecule has 0 saturated carbocycles. The monoisotopic (exact) mass is 301 g/mol. The second kappa shape index (κ2) is 4.00. The Morgan fingerprint density at radius 2 is 2.00 bits per heavy atom. The van der Waals surface area contributed by atoms with E-state index in [0.29, 0.717) is 5.69 Å². The molecule has 2 aromatic rings. The molecule has 16 heavy (non-hydrogen) atoms. The number of sulfonamides is 1. The Labute approximate surface area is 101 Å². The minimum absolute atomic E-state index is 0.0469. The van der Waals surface area contributed by atoms with Crippen molar-refractivity contribution in [1.82, 2.24) is 9.78 Å². The molecule has 0 atom stereocenters. The maximum Gasteiger partial charge on any atom is 0.240 e. The molecule has 0 bridgehead atoms. The van der Waals surface area contributed by atoms with Crippen LogP contribution < -0.4 is 5.14 Å². The molecule has 0 aliphatic carbocycles. The molecule has 1 aromatic heterocycles. The molecule has 0 aliphatic heterocycles. The quantitative estimate of drug-likeness (QED) is 0.907. The third-order valence-corrected chi connectivity index (χ3v) is 3.34. The average molecular weight is 302 g/mol. The summed E-state index contributed by atoms with van der Waals surface area (Å²) in [6.07, 6.45) is 3.23. The Kier molecular flexibility index (Phi) is 2.83. The predicted molar refractivity (Wildman–Crippen MR) is 62.6 cm³/mol. The van der Waals surface area contributed by atoms with Gasteiger partial charge < -0.3 is 0 Å². The zero-order valence-electron chi connectivity index (χ0n) is 8.04. The summed E-state index contributed by atoms with van der Waals surface area (Å²) in [4.78, 5) is 0.0469. The Balaban J connectivity index is 2.66. The van der Waals surface area contributed by atoms with Crippen LogP contribution in [0, 0.1) is 0 Å². The fourth-order valence-corrected chi connectivity index (χ4v) is 2.33. The number of rotatable bonds is 2. The van der Waals surface area contributed by atoms with Gasteiger partial charge in [0.05, 0.1) is 16.4 Å². The highest BCUT2D eigenvalue weighted by Gasteiger charge is 2.14. The standard InChI is InChI=1S/C9H8BrN3O2S/c10-7-5-12-13(6-7)8-3-1-2-4-9(8)16(11,14)15/h1-6H,(H2,11,14,15). The number of nitrogens with two attached hydrogens (primary N) is 1. The topological polar surface area (TPSA) is 78.0 Å². The van der Waals surface area contributed by atoms with Crippen LogP contribution in [0.15, 0.2) is 46.0 Å². The zero-order chi connectivity index (χ0) is 11.8. The van der Waals surface area contributed by atoms with Crippen molar-refractivity contribution in [3.63, 3.8) is 0 Å². The first-order chi connectivity index (χ1) is 7.48. The number of benzene rings is 1. The first kappa shape index (κ1) is 11.3. The largest absolute Gasteiger partial charge is 0.240 e. The molecule has 84 valence electrons. The summed E-state index contributed by atoms with van der Waals surface area (Å²) in [5.74, 6) is 0. The highest BCUT2D eigenvalue weighted by Crippen LogP contribution is 2.19. The Morgan fingerprint density at radius 3 is 2.56 bits per heavy atom. The van der Waals surface area contributed by atoms with E-state index < -0.39 is 10.0 Å². The van der Waals surface area contributed by atoms with Gasteiger partial charge in [0.2, 0.25) is 10.0 Å². The summed E-state index contributed by atoms with van der Waals surface area (Å²) in [5.41, 5.74) is 0.427. The fraction of sp³-hybridized carbons (Fsp3) is 0. The van der Waals surface area contributed by atoms with E-state index in [4.69, 9.17) is 5.14 Å². The number of hydrogen-bond donors (Lipinski definition) is 1. The molecule has 1 heterocycles. The molecule has 2 N–H and O–H groups in total. The summed E-state index contributed by atoms with van der Waals surface area (Å²) in [6, 6.07) is 6.42. The summed E-state index contributed by atoms with van der Waals surface area (Å²) >= 11 is 3.24. The smallest absolute Gasteiger partial charge is 0.238 e. The number of para-hydroxylation sites is 1. The van der Waals surface area contributed by atoms with Crippen molar-refractivity contribution in [1.29, 1.82) is 0 Å². The van der Waals surface area contributed by atoms with Gasteiger partial charge in [-0.2, -0.15) is 5.10 Å². The van der Waals surface area contributed by atoms with Crippen molar-refractivity contribution >= 4 is 26.0 Å². The molecule has 0 unspecified atom stereocenters. The van der Waals surface area contributed by atoms with Gasteiger partial charge in [-0.25, -0.2) is 18.2 Å². The Morgan fingerprint density at radius 1 is 1.31 bits per heavy atom. The van der Waals surface area contributed by atoms with Gasteiger partial charge in [0.1, 0.15) is 4.90 Å². The molecular formula is C9H8BrN3O2S. The third kappa shape index (κ3) is 2.16. The normalized spacial score (nSPS) is 11.6. The molecule has 7 heteroatoms. The van der Waals surface area contributed by atoms with Crippen LogP contribution in [0.1, 0.15) is 0 Å². The summed E-state index contributed by atoms with van der Waals surface area (Å²) < 4.78 is 24.9. The van der Waals surface area contributed by atoms with Crippen molar-refractivity contribution in [3.05, 3.63) is 41.1 Å². The van der Waals surface area contributed by atoms with E-state index in [-0.39, 0.29) is 4.90 Å². The van der Waals surface area contributed by atoms with Crippen LogP contribution in [-0.4, -0.2) is 18.2 Å². The molecule has 0 radical (unpaired) electrons. The lowest BCUT2D eigenvalue weighted by molar-refractivity contribution is 0.596. The van der Waals surface area contributed by atoms with Crippen LogP contribution in [0.3, 0.4) is 0 Å². The summed E-state index contributed by atoms with van der Waals surface area (Å²) in [6.45, 7) is 0. The lowest BCUT2D eigenvalue weighted by Gasteiger charge is -2.06. The van der Waals surface area contributed by atoms with Gasteiger partial charge in [-0.05, 0) is 28.1 Å². The number of nitrogens with zero attached hydrogens (tertiary/aromatic N) is 2. The van der Waals surface area contributed by atoms with E-state index in [1.807, 2.05) is 0 Å². The van der Waals surface area contributed by atoms with Gasteiger partial charge in [-0.3, -0.25) is 0 Å². The Hall–Kier alpha value is -1.18. The first-order valence-electron chi connectivity index (χ1n) is 4.31. The molecule has 0 spiro atoms. The van der Waals surface area contributed by atoms with Crippen LogP contribution in [0.25, 0.3) is 5.69 Å². The van der Waals surface area contributed by atoms with Gasteiger partial charge >= 0.3 is 0 Å². The number of primary sulfonamides is 1. The molecule has 2 rings (SSSR count). The SMILES string of the molecule is NS(=O)(=O)c1ccccc1-n1cc(Br)cn1. The zero-order valence-corrected chi connectivity index (χ0v) is 10.4. The Bertz CT molecular complexity index is 621. The van der Waals surface area contributed by atoms with Crippen molar-refractivity contribution in [2.24, 2.45) is 5.14 Å². The predicted octanol–water partition coefficient (Wildman–Crippen LogP) is 1.28. The third-order valence-electron chi connectivity index (χ3n) is 1.97. The van der Waals surface area contributed by atoms with Gasteiger partial charge in [0.15, 0.2) is 0 Å². The second-order valence-corrected chi connectivity index (χ2v) is 5.56. The lowest BCUT2D eigenvalue weighted by atomic mass is 10.3. The second-order valence-electron chi connectivity index (χ2n) is 3.12. The maximum absolute atomic E-state index is 11.4. The van der Waals surface area contributed by atoms with E-state index in [0.717, 1.165) is 4.47 Å². The van der Waals surface area contributed by atoms with E-state index in [1.165, 1.54) is 10.7 Å². The molecule has 0 amide bonds. The summed E-state index contributed by atoms with van der Waals surface area (Å²) in [5, 5.41) is 9.13. The molecule has 1 aromatic carbocycles. The van der Waals surface area contributed by atoms with Crippen molar-refractivity contribution < 1.29 is 8.42 Å². The number of hydrogen-bond acceptors (Lipinski definition) is 3. The highest BCUT2D eigenvalue weighted by molar-refractivity contribution is 9.10. The maximum atomic E-state index is 11.4. The molecule has 0 aliphatic rings. The van der Waals surface area contributed by atoms with Crippen molar-refractivity contribution in [2.75, 3.05) is 0 Å². The van der Waals surface area contributed by atoms with Gasteiger partial charge in [0.25, 0.3) is 0 Å². The highest BCUT2D eigenvalue weighted by atomic mass is 79.9. The van der Waals surface area contributed by atoms with E-state index >= 15 is 0 Å². The molecular weight excluding hydrogens is 294 g/mol. The number of halogens is 1. The van der Waals surface area contributed by atoms with Crippen LogP contribution in [0.2, 0.25) is 0 Å². The fourth-order valence-electron chi connectivity index (χ4n) is 1.32. The average Bonchev–Trinajstić information content (AvgIpc) is 2.64. The number of aromatic nitrogens is 2. The lowest BCUT2D eigenvalue weighted by Crippen LogP contribution is -2.15. The van der Waals surface area contributed by atoms with Gasteiger partial charge in [-0.15, -0.1) is 0 Å². The van der Waals surface area contributed by atoms with Crippen molar-refractivity contribution in [2.45, 2.75) is 4.90 Å². The van der Waals surface area contributed by atoms with Crippen LogP contribution in [-0.2, 0) is 10.0 Å². The van der Waals surface area contributed by atoms with Crippen LogP contribution in [0.5, 0.6) is 0 Å². The van der Waals surface area contributed by atoms with Crippen LogP contribution in [0.4, 0.5) is 0 Å². The molecule has 0 saturated heterocycles. The van der Waals surface area contributed by atoms with E-state index in [2.05, 4.69) is 21.0 Å². The van der Waals surface area contributed by atoms with Crippen LogP contribution >= 0.6 is 15.9 Å². The first-order valence-corrected chi connectivity index (χ1v) is 6.65. The molecule has 5 nitrogen and oxygen atoms in total. The van der Waals surface area contributed by atoms with E-state index in [1.54, 1.807) is 30.6 Å². The van der Waals surface area contributed by atoms with Gasteiger partial charge in [0, 0.05) is 6.20 Å². The summed E-state index contributed by atoms with van der Waals surface area (Å²) in [7, 11) is -3.75. The van der Waals surface area contributed by atoms with Gasteiger partial charge in [-0.1, -0.05) is 12.1 Å². The minimum Gasteiger partial charge on any atom is -0.238 e. The minimum atomic E-state index is -3.75. The van der Waals surface area contributed by atoms with Crippen molar-refractivity contribution in [3.8, 4) is 5.69 Å². The molecule has 0 fully saturated rings. The van der Waals surface area contributed by atoms with E-state index in [9.17, 15) is 8.42 Å².